The maximum absolute atomic E-state index is 14.7. The molecule has 0 bridgehead atoms. The van der Waals surface area contributed by atoms with Crippen LogP contribution in [-0.4, -0.2) is 126 Å². The fourth-order valence-corrected chi connectivity index (χ4v) is 8.95. The van der Waals surface area contributed by atoms with Crippen molar-refractivity contribution >= 4 is 40.6 Å². The van der Waals surface area contributed by atoms with E-state index in [4.69, 9.17) is 28.4 Å². The summed E-state index contributed by atoms with van der Waals surface area (Å²) in [6.07, 6.45) is 0.123. The molecule has 5 heterocycles. The number of nitrogens with one attached hydrogen (secondary N) is 1. The van der Waals surface area contributed by atoms with Crippen molar-refractivity contribution in [3.05, 3.63) is 48.2 Å². The Hall–Kier alpha value is -3.79. The van der Waals surface area contributed by atoms with E-state index in [0.717, 1.165) is 16.5 Å². The molecule has 0 saturated carbocycles. The monoisotopic (exact) mass is 779 g/mol. The van der Waals surface area contributed by atoms with Crippen molar-refractivity contribution in [3.8, 4) is 0 Å². The van der Waals surface area contributed by atoms with Gasteiger partial charge in [0.05, 0.1) is 43.1 Å². The van der Waals surface area contributed by atoms with Crippen LogP contribution in [0.2, 0.25) is 0 Å². The Morgan fingerprint density at radius 2 is 1.75 bits per heavy atom. The molecule has 1 amide bonds. The number of epoxide rings is 1. The lowest BCUT2D eigenvalue weighted by molar-refractivity contribution is -0.282. The average Bonchev–Trinajstić information content (AvgIpc) is 3.93. The summed E-state index contributed by atoms with van der Waals surface area (Å²) in [4.78, 5) is 62.5. The van der Waals surface area contributed by atoms with E-state index in [2.05, 4.69) is 10.3 Å². The lowest BCUT2D eigenvalue weighted by atomic mass is 9.73. The Bertz CT molecular complexity index is 1810. The number of cyclic esters (lactones) is 1. The number of rotatable bonds is 8. The first-order valence-electron chi connectivity index (χ1n) is 19.7. The van der Waals surface area contributed by atoms with Crippen molar-refractivity contribution in [2.45, 2.75) is 121 Å². The number of esters is 1. The van der Waals surface area contributed by atoms with Gasteiger partial charge in [-0.3, -0.25) is 14.6 Å². The first-order chi connectivity index (χ1) is 26.5. The Labute approximate surface area is 328 Å². The number of ether oxygens (including phenoxy) is 6. The van der Waals surface area contributed by atoms with E-state index in [1.807, 2.05) is 75.3 Å². The number of benzene rings is 1. The molecule has 1 aromatic heterocycles. The Morgan fingerprint density at radius 3 is 2.43 bits per heavy atom. The quantitative estimate of drug-likeness (QED) is 0.223. The van der Waals surface area contributed by atoms with Crippen LogP contribution >= 0.6 is 0 Å². The molecular weight excluding hydrogens is 722 g/mol. The van der Waals surface area contributed by atoms with Gasteiger partial charge in [0.25, 0.3) is 0 Å². The van der Waals surface area contributed by atoms with Gasteiger partial charge in [0.2, 0.25) is 5.60 Å². The molecule has 14 nitrogen and oxygen atoms in total. The van der Waals surface area contributed by atoms with Crippen molar-refractivity contribution in [3.63, 3.8) is 0 Å². The van der Waals surface area contributed by atoms with Gasteiger partial charge in [0, 0.05) is 41.3 Å². The van der Waals surface area contributed by atoms with Gasteiger partial charge in [-0.05, 0) is 58.5 Å². The van der Waals surface area contributed by atoms with E-state index in [1.54, 1.807) is 40.8 Å². The minimum absolute atomic E-state index is 0.0868. The summed E-state index contributed by atoms with van der Waals surface area (Å²) < 4.78 is 36.9. The zero-order valence-electron chi connectivity index (χ0n) is 33.8. The number of ketones is 2. The zero-order valence-corrected chi connectivity index (χ0v) is 33.8. The normalized spacial score (nSPS) is 39.7. The molecule has 14 atom stereocenters. The van der Waals surface area contributed by atoms with Crippen LogP contribution in [-0.2, 0) is 42.8 Å². The molecule has 14 heteroatoms. The van der Waals surface area contributed by atoms with E-state index in [1.165, 1.54) is 0 Å². The highest BCUT2D eigenvalue weighted by Gasteiger charge is 2.65. The van der Waals surface area contributed by atoms with Crippen LogP contribution < -0.4 is 5.32 Å². The minimum atomic E-state index is -1.91. The minimum Gasteiger partial charge on any atom is -0.455 e. The molecule has 1 aromatic carbocycles. The Morgan fingerprint density at radius 1 is 1.04 bits per heavy atom. The number of fused-ring (bicyclic) bond motifs is 2. The molecule has 2 aromatic rings. The largest absolute Gasteiger partial charge is 0.455 e. The third-order valence-electron chi connectivity index (χ3n) is 12.3. The van der Waals surface area contributed by atoms with Crippen molar-refractivity contribution in [1.82, 2.24) is 15.2 Å². The maximum Gasteiger partial charge on any atom is 0.408 e. The number of aromatic nitrogens is 1. The molecule has 2 unspecified atom stereocenters. The van der Waals surface area contributed by atoms with Crippen LogP contribution in [0.5, 0.6) is 0 Å². The standard InChI is InChI=1S/C42H57N3O11/c1-10-31-41(7)36(44-40(50)56-41)24(4)32(46)23(3)34(51-17-13-14-27-19-28-15-11-12-16-29(28)43-20-27)25(5)35(26(6)37(48)42(21-52-42)39(49)54-31)55-38-33(47)30(45(8)9)18-22(2)53-38/h11-16,19-20,22-26,30-31,33-36,38,47H,10,17-18,21H2,1-9H3,(H,44,50)/b14-13+/t22-,23+,24+,25+,26-,30+,31-,33-,34+,35+,36?,38+,41-,42?/m1/s1. The molecule has 4 fully saturated rings. The molecule has 6 rings (SSSR count). The summed E-state index contributed by atoms with van der Waals surface area (Å²) in [7, 11) is 3.73. The molecule has 0 aliphatic carbocycles. The van der Waals surface area contributed by atoms with Crippen LogP contribution in [0.1, 0.15) is 66.9 Å². The Balaban J connectivity index is 1.39. The number of hydrogen-bond donors (Lipinski definition) is 2. The number of amides is 1. The van der Waals surface area contributed by atoms with E-state index in [0.29, 0.717) is 6.42 Å². The number of Topliss-reactive ketones (excluding diaryl/α,β-unsaturated/α-hetero) is 2. The van der Waals surface area contributed by atoms with Crippen LogP contribution in [0.4, 0.5) is 4.79 Å². The van der Waals surface area contributed by atoms with Gasteiger partial charge in [-0.25, -0.2) is 9.59 Å². The number of likely N-dealkylation sites (N-methyl/N-ethyl adjacent to an activating group) is 1. The number of para-hydroxylation sites is 1. The summed E-state index contributed by atoms with van der Waals surface area (Å²) in [5.74, 6) is -5.05. The summed E-state index contributed by atoms with van der Waals surface area (Å²) in [5, 5.41) is 15.3. The second-order valence-electron chi connectivity index (χ2n) is 16.4. The summed E-state index contributed by atoms with van der Waals surface area (Å²) in [5.41, 5.74) is -1.61. The molecule has 2 N–H and O–H groups in total. The number of alkyl carbamates (subject to hydrolysis) is 1. The highest BCUT2D eigenvalue weighted by atomic mass is 16.7. The van der Waals surface area contributed by atoms with E-state index >= 15 is 0 Å². The molecular formula is C42H57N3O11. The number of aliphatic hydroxyl groups excluding tert-OH is 1. The third-order valence-corrected chi connectivity index (χ3v) is 12.3. The molecule has 56 heavy (non-hydrogen) atoms. The van der Waals surface area contributed by atoms with Crippen molar-refractivity contribution < 1.29 is 52.7 Å². The summed E-state index contributed by atoms with van der Waals surface area (Å²) in [6, 6.07) is 8.65. The molecule has 0 radical (unpaired) electrons. The van der Waals surface area contributed by atoms with E-state index in [-0.39, 0.29) is 37.6 Å². The van der Waals surface area contributed by atoms with Crippen molar-refractivity contribution in [2.24, 2.45) is 23.7 Å². The summed E-state index contributed by atoms with van der Waals surface area (Å²) in [6.45, 7) is 12.1. The zero-order chi connectivity index (χ0) is 40.7. The number of hydrogen-bond acceptors (Lipinski definition) is 13. The van der Waals surface area contributed by atoms with Gasteiger partial charge in [0.1, 0.15) is 18.0 Å². The first-order valence-corrected chi connectivity index (χ1v) is 19.7. The highest BCUT2D eigenvalue weighted by molar-refractivity contribution is 6.11. The third kappa shape index (κ3) is 8.01. The van der Waals surface area contributed by atoms with E-state index in [9.17, 15) is 24.3 Å². The molecule has 4 saturated heterocycles. The number of pyridine rings is 1. The summed E-state index contributed by atoms with van der Waals surface area (Å²) >= 11 is 0. The fraction of sp³-hybridized carbons (Fsp3) is 0.643. The molecule has 306 valence electrons. The Kier molecular flexibility index (Phi) is 12.4. The van der Waals surface area contributed by atoms with Gasteiger partial charge < -0.3 is 43.7 Å². The highest BCUT2D eigenvalue weighted by Crippen LogP contribution is 2.42. The van der Waals surface area contributed by atoms with Crippen LogP contribution in [0.15, 0.2) is 42.6 Å². The van der Waals surface area contributed by atoms with Gasteiger partial charge in [-0.15, -0.1) is 0 Å². The molecule has 4 aliphatic rings. The lowest BCUT2D eigenvalue weighted by Crippen LogP contribution is -2.59. The molecule has 4 aliphatic heterocycles. The van der Waals surface area contributed by atoms with Crippen LogP contribution in [0.3, 0.4) is 0 Å². The first kappa shape index (κ1) is 41.8. The average molecular weight is 780 g/mol. The maximum atomic E-state index is 14.7. The fourth-order valence-electron chi connectivity index (χ4n) is 8.95. The van der Waals surface area contributed by atoms with Gasteiger partial charge >= 0.3 is 12.1 Å². The van der Waals surface area contributed by atoms with Crippen molar-refractivity contribution in [2.75, 3.05) is 27.3 Å². The number of aliphatic hydroxyl groups is 1. The topological polar surface area (TPSA) is 175 Å². The predicted molar refractivity (Wildman–Crippen MR) is 205 cm³/mol. The van der Waals surface area contributed by atoms with Crippen LogP contribution in [0, 0.1) is 23.7 Å². The van der Waals surface area contributed by atoms with Crippen molar-refractivity contribution in [1.29, 1.82) is 0 Å². The number of carbonyl (C=O) groups excluding carboxylic acids is 4. The second kappa shape index (κ2) is 16.6. The number of nitrogens with zero attached hydrogens (tertiary/aromatic N) is 2. The van der Waals surface area contributed by atoms with Gasteiger partial charge in [-0.2, -0.15) is 0 Å². The van der Waals surface area contributed by atoms with Crippen LogP contribution in [0.25, 0.3) is 17.0 Å². The SMILES string of the molecule is CC[C@H]1OC(=O)C2(CO2)C(=O)[C@H](C)[C@@H](O[C@@H]2O[C@H](C)C[C@H](N(C)C)[C@H]2O)[C@@H](C)[C@@H](OC/C=C/c2cnc3ccccc3c2)[C@@H](C)C(=O)[C@H](C)C2NC(=O)O[C@@]21C. The van der Waals surface area contributed by atoms with Gasteiger partial charge in [0.15, 0.2) is 17.7 Å². The number of carbonyl (C=O) groups is 4. The molecule has 1 spiro atoms. The smallest absolute Gasteiger partial charge is 0.408 e. The van der Waals surface area contributed by atoms with Gasteiger partial charge in [-0.1, -0.05) is 65.0 Å². The lowest BCUT2D eigenvalue weighted by Gasteiger charge is -2.45. The predicted octanol–water partition coefficient (Wildman–Crippen LogP) is 4.10. The van der Waals surface area contributed by atoms with E-state index < -0.39 is 89.5 Å². The second-order valence-corrected chi connectivity index (χ2v) is 16.4.